The fraction of sp³-hybridized carbons (Fsp3) is 0.529. The highest BCUT2D eigenvalue weighted by atomic mass is 35.5. The van der Waals surface area contributed by atoms with Crippen LogP contribution in [-0.2, 0) is 0 Å². The number of halogens is 1. The Morgan fingerprint density at radius 3 is 2.75 bits per heavy atom. The molecule has 1 unspecified atom stereocenters. The van der Waals surface area contributed by atoms with E-state index in [1.54, 1.807) is 20.3 Å². The molecule has 1 saturated heterocycles. The molecule has 1 saturated carbocycles. The minimum Gasteiger partial charge on any atom is -0.493 e. The Labute approximate surface area is 145 Å². The molecule has 1 aliphatic heterocycles. The lowest BCUT2D eigenvalue weighted by molar-refractivity contribution is 0.311. The van der Waals surface area contributed by atoms with E-state index < -0.39 is 0 Å². The molecule has 2 fully saturated rings. The first-order valence-corrected chi connectivity index (χ1v) is 8.51. The molecule has 2 heterocycles. The Hall–Kier alpha value is -1.79. The molecule has 0 amide bonds. The van der Waals surface area contributed by atoms with Crippen molar-refractivity contribution in [3.63, 3.8) is 0 Å². The van der Waals surface area contributed by atoms with Gasteiger partial charge in [-0.2, -0.15) is 4.98 Å². The second-order valence-electron chi connectivity index (χ2n) is 6.52. The number of hydrogen-bond donors (Lipinski definition) is 1. The lowest BCUT2D eigenvalue weighted by Crippen LogP contribution is -2.29. The quantitative estimate of drug-likeness (QED) is 0.913. The van der Waals surface area contributed by atoms with E-state index in [-0.39, 0.29) is 0 Å². The topological polar surface area (TPSA) is 69.4 Å². The summed E-state index contributed by atoms with van der Waals surface area (Å²) in [6, 6.07) is 3.58. The van der Waals surface area contributed by atoms with Crippen molar-refractivity contribution in [2.75, 3.05) is 27.3 Å². The van der Waals surface area contributed by atoms with E-state index in [2.05, 4.69) is 15.5 Å². The number of methoxy groups -OCH3 is 2. The lowest BCUT2D eigenvalue weighted by Gasteiger charge is -2.22. The molecule has 7 heteroatoms. The second-order valence-corrected chi connectivity index (χ2v) is 6.93. The molecule has 2 aliphatic rings. The van der Waals surface area contributed by atoms with Crippen LogP contribution in [0.5, 0.6) is 11.5 Å². The number of nitrogens with zero attached hydrogens (tertiary/aromatic N) is 2. The van der Waals surface area contributed by atoms with E-state index in [9.17, 15) is 0 Å². The Morgan fingerprint density at radius 1 is 1.25 bits per heavy atom. The van der Waals surface area contributed by atoms with Gasteiger partial charge in [-0.05, 0) is 49.9 Å². The van der Waals surface area contributed by atoms with Crippen LogP contribution in [0.15, 0.2) is 16.7 Å². The van der Waals surface area contributed by atoms with E-state index in [1.165, 1.54) is 12.8 Å². The van der Waals surface area contributed by atoms with Crippen LogP contribution >= 0.6 is 11.6 Å². The monoisotopic (exact) mass is 349 g/mol. The number of piperidine rings is 1. The summed E-state index contributed by atoms with van der Waals surface area (Å²) in [4.78, 5) is 4.61. The fourth-order valence-electron chi connectivity index (χ4n) is 3.72. The van der Waals surface area contributed by atoms with Crippen LogP contribution in [0.1, 0.15) is 31.1 Å². The van der Waals surface area contributed by atoms with Crippen molar-refractivity contribution in [1.82, 2.24) is 15.5 Å². The predicted molar refractivity (Wildman–Crippen MR) is 89.7 cm³/mol. The third-order valence-corrected chi connectivity index (χ3v) is 5.50. The van der Waals surface area contributed by atoms with Crippen LogP contribution in [0.3, 0.4) is 0 Å². The van der Waals surface area contributed by atoms with Gasteiger partial charge < -0.3 is 19.3 Å². The third kappa shape index (κ3) is 2.54. The summed E-state index contributed by atoms with van der Waals surface area (Å²) in [6.07, 6.45) is 3.50. The molecular weight excluding hydrogens is 330 g/mol. The summed E-state index contributed by atoms with van der Waals surface area (Å²) in [5.41, 5.74) is 1.12. The summed E-state index contributed by atoms with van der Waals surface area (Å²) in [5, 5.41) is 8.00. The minimum atomic E-state index is 0.365. The van der Waals surface area contributed by atoms with Gasteiger partial charge in [0.15, 0.2) is 11.5 Å². The smallest absolute Gasteiger partial charge is 0.230 e. The Morgan fingerprint density at radius 2 is 2.04 bits per heavy atom. The van der Waals surface area contributed by atoms with Gasteiger partial charge in [0.25, 0.3) is 0 Å². The standard InChI is InChI=1S/C17H20ClN3O3/c1-22-13-8-10(7-12(18)14(13)23-2)15-20-16(24-21-15)11-9-17(11)3-5-19-6-4-17/h7-8,11,19H,3-6,9H2,1-2H3. The zero-order chi connectivity index (χ0) is 16.7. The Balaban J connectivity index is 1.61. The minimum absolute atomic E-state index is 0.365. The third-order valence-electron chi connectivity index (χ3n) is 5.22. The van der Waals surface area contributed by atoms with Crippen molar-refractivity contribution in [1.29, 1.82) is 0 Å². The maximum atomic E-state index is 6.26. The molecule has 1 aromatic heterocycles. The van der Waals surface area contributed by atoms with Gasteiger partial charge >= 0.3 is 0 Å². The van der Waals surface area contributed by atoms with Gasteiger partial charge in [0, 0.05) is 11.5 Å². The fourth-order valence-corrected chi connectivity index (χ4v) is 4.00. The van der Waals surface area contributed by atoms with Gasteiger partial charge in [-0.25, -0.2) is 0 Å². The number of aromatic nitrogens is 2. The van der Waals surface area contributed by atoms with Crippen molar-refractivity contribution in [3.05, 3.63) is 23.0 Å². The summed E-state index contributed by atoms with van der Waals surface area (Å²) < 4.78 is 16.1. The molecule has 1 spiro atoms. The number of hydrogen-bond acceptors (Lipinski definition) is 6. The second kappa shape index (κ2) is 5.93. The average molecular weight is 350 g/mol. The van der Waals surface area contributed by atoms with Crippen LogP contribution in [-0.4, -0.2) is 37.4 Å². The molecular formula is C17H20ClN3O3. The van der Waals surface area contributed by atoms with Crippen LogP contribution in [0.25, 0.3) is 11.4 Å². The number of nitrogens with one attached hydrogen (secondary N) is 1. The van der Waals surface area contributed by atoms with Crippen molar-refractivity contribution in [3.8, 4) is 22.9 Å². The Kier molecular flexibility index (Phi) is 3.89. The van der Waals surface area contributed by atoms with Crippen LogP contribution in [0, 0.1) is 5.41 Å². The van der Waals surface area contributed by atoms with Gasteiger partial charge in [0.05, 0.1) is 19.2 Å². The largest absolute Gasteiger partial charge is 0.493 e. The number of rotatable bonds is 4. The molecule has 2 aromatic rings. The van der Waals surface area contributed by atoms with Gasteiger partial charge in [-0.15, -0.1) is 0 Å². The maximum absolute atomic E-state index is 6.26. The van der Waals surface area contributed by atoms with Gasteiger partial charge in [-0.3, -0.25) is 0 Å². The highest BCUT2D eigenvalue weighted by molar-refractivity contribution is 6.32. The average Bonchev–Trinajstić information content (AvgIpc) is 3.07. The first kappa shape index (κ1) is 15.7. The molecule has 1 aliphatic carbocycles. The summed E-state index contributed by atoms with van der Waals surface area (Å²) in [6.45, 7) is 2.14. The molecule has 0 radical (unpaired) electrons. The summed E-state index contributed by atoms with van der Waals surface area (Å²) >= 11 is 6.26. The zero-order valence-corrected chi connectivity index (χ0v) is 14.5. The van der Waals surface area contributed by atoms with Gasteiger partial charge in [0.2, 0.25) is 11.7 Å². The molecule has 1 N–H and O–H groups in total. The highest BCUT2D eigenvalue weighted by Crippen LogP contribution is 2.63. The number of ether oxygens (including phenoxy) is 2. The first-order valence-electron chi connectivity index (χ1n) is 8.13. The first-order chi connectivity index (χ1) is 11.7. The van der Waals surface area contributed by atoms with Crippen molar-refractivity contribution in [2.24, 2.45) is 5.41 Å². The molecule has 1 aromatic carbocycles. The predicted octanol–water partition coefficient (Wildman–Crippen LogP) is 3.26. The van der Waals surface area contributed by atoms with E-state index >= 15 is 0 Å². The van der Waals surface area contributed by atoms with E-state index in [1.807, 2.05) is 6.07 Å². The molecule has 0 bridgehead atoms. The summed E-state index contributed by atoms with van der Waals surface area (Å²) in [7, 11) is 3.13. The number of benzene rings is 1. The highest BCUT2D eigenvalue weighted by Gasteiger charge is 2.57. The summed E-state index contributed by atoms with van der Waals surface area (Å²) in [5.74, 6) is 2.70. The molecule has 24 heavy (non-hydrogen) atoms. The zero-order valence-electron chi connectivity index (χ0n) is 13.8. The van der Waals surface area contributed by atoms with Crippen molar-refractivity contribution in [2.45, 2.75) is 25.2 Å². The van der Waals surface area contributed by atoms with E-state index in [0.717, 1.165) is 31.0 Å². The molecule has 128 valence electrons. The van der Waals surface area contributed by atoms with Crippen LogP contribution in [0.2, 0.25) is 5.02 Å². The van der Waals surface area contributed by atoms with Crippen LogP contribution in [0.4, 0.5) is 0 Å². The molecule has 4 rings (SSSR count). The molecule has 1 atom stereocenters. The van der Waals surface area contributed by atoms with Gasteiger partial charge in [0.1, 0.15) is 0 Å². The Bertz CT molecular complexity index is 756. The molecule has 6 nitrogen and oxygen atoms in total. The van der Waals surface area contributed by atoms with Crippen LogP contribution < -0.4 is 14.8 Å². The van der Waals surface area contributed by atoms with Crippen molar-refractivity contribution < 1.29 is 14.0 Å². The SMILES string of the molecule is COc1cc(-c2noc(C3CC34CCNCC4)n2)cc(Cl)c1OC. The maximum Gasteiger partial charge on any atom is 0.230 e. The van der Waals surface area contributed by atoms with Crippen molar-refractivity contribution >= 4 is 11.6 Å². The lowest BCUT2D eigenvalue weighted by atomic mass is 9.92. The van der Waals surface area contributed by atoms with Gasteiger partial charge in [-0.1, -0.05) is 16.8 Å². The van der Waals surface area contributed by atoms with E-state index in [4.69, 9.17) is 25.6 Å². The normalized spacial score (nSPS) is 21.7. The van der Waals surface area contributed by atoms with E-state index in [0.29, 0.717) is 33.7 Å².